The molecular formula is C22H28ClNO3. The monoisotopic (exact) mass is 389 g/mol. The van der Waals surface area contributed by atoms with Gasteiger partial charge in [-0.2, -0.15) is 0 Å². The quantitative estimate of drug-likeness (QED) is 0.512. The Hall–Kier alpha value is -1.75. The van der Waals surface area contributed by atoms with E-state index >= 15 is 0 Å². The number of para-hydroxylation sites is 1. The van der Waals surface area contributed by atoms with Gasteiger partial charge < -0.3 is 14.6 Å². The number of hydrogen-bond acceptors (Lipinski definition) is 4. The summed E-state index contributed by atoms with van der Waals surface area (Å²) in [5.41, 5.74) is 2.21. The van der Waals surface area contributed by atoms with Crippen LogP contribution in [0.25, 0.3) is 0 Å². The summed E-state index contributed by atoms with van der Waals surface area (Å²) in [5.74, 6) is 1.14. The predicted octanol–water partition coefficient (Wildman–Crippen LogP) is 4.58. The van der Waals surface area contributed by atoms with E-state index in [0.29, 0.717) is 19.0 Å². The van der Waals surface area contributed by atoms with Crippen molar-refractivity contribution in [3.8, 4) is 11.5 Å². The highest BCUT2D eigenvalue weighted by Crippen LogP contribution is 2.45. The second-order valence-corrected chi connectivity index (χ2v) is 7.28. The summed E-state index contributed by atoms with van der Waals surface area (Å²) >= 11 is 6.21. The van der Waals surface area contributed by atoms with E-state index in [-0.39, 0.29) is 17.6 Å². The number of rotatable bonds is 8. The van der Waals surface area contributed by atoms with Crippen LogP contribution in [0.4, 0.5) is 0 Å². The van der Waals surface area contributed by atoms with Gasteiger partial charge in [0.15, 0.2) is 0 Å². The van der Waals surface area contributed by atoms with Crippen LogP contribution in [0, 0.1) is 0 Å². The van der Waals surface area contributed by atoms with Crippen molar-refractivity contribution in [2.75, 3.05) is 13.2 Å². The van der Waals surface area contributed by atoms with Crippen LogP contribution >= 0.6 is 11.8 Å². The number of aromatic hydroxyl groups is 1. The maximum Gasteiger partial charge on any atom is 0.119 e. The Morgan fingerprint density at radius 3 is 2.52 bits per heavy atom. The molecule has 0 bridgehead atoms. The Bertz CT molecular complexity index is 734. The van der Waals surface area contributed by atoms with E-state index in [4.69, 9.17) is 21.3 Å². The smallest absolute Gasteiger partial charge is 0.119 e. The molecule has 2 unspecified atom stereocenters. The number of hydrogen-bond donors (Lipinski definition) is 2. The molecule has 2 atom stereocenters. The fraction of sp³-hybridized carbons (Fsp3) is 0.455. The lowest BCUT2D eigenvalue weighted by Crippen LogP contribution is -2.57. The van der Waals surface area contributed by atoms with Crippen molar-refractivity contribution in [1.82, 2.24) is 4.84 Å². The molecule has 0 spiro atoms. The van der Waals surface area contributed by atoms with E-state index in [9.17, 15) is 5.11 Å². The van der Waals surface area contributed by atoms with Gasteiger partial charge in [0.05, 0.1) is 18.8 Å². The highest BCUT2D eigenvalue weighted by atomic mass is 35.5. The van der Waals surface area contributed by atoms with Gasteiger partial charge >= 0.3 is 0 Å². The minimum Gasteiger partial charge on any atom is -0.508 e. The molecule has 5 heteroatoms. The third kappa shape index (κ3) is 4.08. The van der Waals surface area contributed by atoms with Crippen molar-refractivity contribution in [3.63, 3.8) is 0 Å². The highest BCUT2D eigenvalue weighted by Gasteiger charge is 2.47. The summed E-state index contributed by atoms with van der Waals surface area (Å²) in [6, 6.07) is 15.3. The van der Waals surface area contributed by atoms with Gasteiger partial charge in [-0.15, -0.1) is 0 Å². The first-order valence-corrected chi connectivity index (χ1v) is 10.0. The van der Waals surface area contributed by atoms with Gasteiger partial charge in [-0.1, -0.05) is 38.1 Å². The highest BCUT2D eigenvalue weighted by molar-refractivity contribution is 6.13. The van der Waals surface area contributed by atoms with E-state index in [1.165, 1.54) is 11.1 Å². The third-order valence-electron chi connectivity index (χ3n) is 5.82. The lowest BCUT2D eigenvalue weighted by Gasteiger charge is -2.48. The second kappa shape index (κ2) is 8.96. The first-order chi connectivity index (χ1) is 13.1. The van der Waals surface area contributed by atoms with Crippen molar-refractivity contribution in [2.45, 2.75) is 50.7 Å². The summed E-state index contributed by atoms with van der Waals surface area (Å²) < 4.78 is 12.0. The summed E-state index contributed by atoms with van der Waals surface area (Å²) in [7, 11) is 0. The van der Waals surface area contributed by atoms with Gasteiger partial charge in [-0.05, 0) is 60.0 Å². The normalized spacial score (nSPS) is 20.9. The molecule has 1 aliphatic carbocycles. The topological polar surface area (TPSA) is 50.7 Å². The van der Waals surface area contributed by atoms with E-state index in [1.807, 2.05) is 42.5 Å². The maximum absolute atomic E-state index is 10.0. The molecule has 0 fully saturated rings. The molecule has 0 aromatic heterocycles. The number of halogens is 1. The molecule has 0 saturated carbocycles. The van der Waals surface area contributed by atoms with Crippen LogP contribution in [0.3, 0.4) is 0 Å². The average Bonchev–Trinajstić information content (AvgIpc) is 2.71. The lowest BCUT2D eigenvalue weighted by molar-refractivity contribution is -0.0116. The zero-order valence-corrected chi connectivity index (χ0v) is 16.7. The summed E-state index contributed by atoms with van der Waals surface area (Å²) in [6.07, 6.45) is 2.52. The second-order valence-electron chi connectivity index (χ2n) is 7.07. The summed E-state index contributed by atoms with van der Waals surface area (Å²) in [6.45, 7) is 5.31. The number of phenolic OH excluding ortho intramolecular Hbond substituents is 1. The van der Waals surface area contributed by atoms with Crippen LogP contribution in [-0.4, -0.2) is 30.5 Å². The summed E-state index contributed by atoms with van der Waals surface area (Å²) in [5, 5.41) is 10.0. The number of fused-ring (bicyclic) bond motifs is 1. The van der Waals surface area contributed by atoms with Crippen molar-refractivity contribution in [3.05, 3.63) is 59.7 Å². The van der Waals surface area contributed by atoms with Crippen LogP contribution < -0.4 is 9.57 Å². The molecule has 1 aliphatic rings. The Morgan fingerprint density at radius 1 is 1.11 bits per heavy atom. The lowest BCUT2D eigenvalue weighted by atomic mass is 9.63. The first-order valence-electron chi connectivity index (χ1n) is 9.62. The van der Waals surface area contributed by atoms with Crippen LogP contribution in [0.1, 0.15) is 37.8 Å². The number of benzene rings is 2. The molecule has 27 heavy (non-hydrogen) atoms. The first kappa shape index (κ1) is 20.0. The Kier molecular flexibility index (Phi) is 6.64. The minimum absolute atomic E-state index is 0.0415. The fourth-order valence-electron chi connectivity index (χ4n) is 4.34. The Balaban J connectivity index is 1.74. The average molecular weight is 390 g/mol. The maximum atomic E-state index is 10.0. The molecule has 0 saturated heterocycles. The molecule has 146 valence electrons. The zero-order chi connectivity index (χ0) is 19.3. The minimum atomic E-state index is -0.182. The molecule has 0 aliphatic heterocycles. The van der Waals surface area contributed by atoms with E-state index in [1.54, 1.807) is 6.07 Å². The number of ether oxygens (including phenoxy) is 2. The number of nitrogens with one attached hydrogen (secondary N) is 1. The van der Waals surface area contributed by atoms with Crippen LogP contribution in [0.2, 0.25) is 0 Å². The van der Waals surface area contributed by atoms with Gasteiger partial charge in [-0.25, -0.2) is 4.84 Å². The van der Waals surface area contributed by atoms with E-state index in [2.05, 4.69) is 18.7 Å². The standard InChI is InChI=1S/C22H28ClNO3/c1-3-22(4-2)19-15-17(25)11-10-16(19)14-20(21(22)24-23)27-13-12-26-18-8-6-5-7-9-18/h5-11,15,20-21,24-25H,3-4,12-14H2,1-2H3. The summed E-state index contributed by atoms with van der Waals surface area (Å²) in [4.78, 5) is 2.99. The molecule has 0 radical (unpaired) electrons. The fourth-order valence-corrected chi connectivity index (χ4v) is 4.69. The SMILES string of the molecule is CCC1(CC)c2cc(O)ccc2CC(OCCOc2ccccc2)C1NCl. The zero-order valence-electron chi connectivity index (χ0n) is 16.0. The molecule has 0 heterocycles. The van der Waals surface area contributed by atoms with Crippen molar-refractivity contribution in [1.29, 1.82) is 0 Å². The van der Waals surface area contributed by atoms with Crippen LogP contribution in [0.5, 0.6) is 11.5 Å². The largest absolute Gasteiger partial charge is 0.508 e. The molecule has 2 N–H and O–H groups in total. The Labute approximate surface area is 166 Å². The van der Waals surface area contributed by atoms with Crippen LogP contribution in [-0.2, 0) is 16.6 Å². The van der Waals surface area contributed by atoms with Gasteiger partial charge in [0.2, 0.25) is 0 Å². The molecule has 2 aromatic rings. The molecular weight excluding hydrogens is 362 g/mol. The Morgan fingerprint density at radius 2 is 1.85 bits per heavy atom. The van der Waals surface area contributed by atoms with E-state index in [0.717, 1.165) is 25.0 Å². The molecule has 4 nitrogen and oxygen atoms in total. The van der Waals surface area contributed by atoms with Crippen molar-refractivity contribution in [2.24, 2.45) is 0 Å². The molecule has 2 aromatic carbocycles. The van der Waals surface area contributed by atoms with Gasteiger partial charge in [-0.3, -0.25) is 0 Å². The van der Waals surface area contributed by atoms with Gasteiger partial charge in [0, 0.05) is 11.8 Å². The van der Waals surface area contributed by atoms with E-state index < -0.39 is 0 Å². The molecule has 0 amide bonds. The third-order valence-corrected chi connectivity index (χ3v) is 6.06. The number of phenols is 1. The van der Waals surface area contributed by atoms with Crippen LogP contribution in [0.15, 0.2) is 48.5 Å². The van der Waals surface area contributed by atoms with Gasteiger partial charge in [0.1, 0.15) is 18.1 Å². The van der Waals surface area contributed by atoms with Crippen molar-refractivity contribution >= 4 is 11.8 Å². The molecule has 3 rings (SSSR count). The van der Waals surface area contributed by atoms with Gasteiger partial charge in [0.25, 0.3) is 0 Å². The van der Waals surface area contributed by atoms with Crippen molar-refractivity contribution < 1.29 is 14.6 Å². The predicted molar refractivity (Wildman–Crippen MR) is 109 cm³/mol.